The van der Waals surface area contributed by atoms with Crippen molar-refractivity contribution in [3.63, 3.8) is 0 Å². The van der Waals surface area contributed by atoms with Crippen LogP contribution in [0.3, 0.4) is 0 Å². The summed E-state index contributed by atoms with van der Waals surface area (Å²) >= 11 is 6.05. The maximum absolute atomic E-state index is 12.6. The van der Waals surface area contributed by atoms with Crippen LogP contribution in [0.2, 0.25) is 5.02 Å². The first-order valence-electron chi connectivity index (χ1n) is 11.2. The fourth-order valence-corrected chi connectivity index (χ4v) is 3.74. The lowest BCUT2D eigenvalue weighted by atomic mass is 10.0. The lowest BCUT2D eigenvalue weighted by Gasteiger charge is -2.10. The number of amides is 2. The summed E-state index contributed by atoms with van der Waals surface area (Å²) in [6.45, 7) is -0.250. The maximum Gasteiger partial charge on any atom is 0.345 e. The van der Waals surface area contributed by atoms with Crippen molar-refractivity contribution >= 4 is 46.4 Å². The predicted molar refractivity (Wildman–Crippen MR) is 141 cm³/mol. The molecule has 0 saturated heterocycles. The van der Waals surface area contributed by atoms with Gasteiger partial charge in [0.25, 0.3) is 11.8 Å². The predicted octanol–water partition coefficient (Wildman–Crippen LogP) is 4.60. The van der Waals surface area contributed by atoms with Gasteiger partial charge in [-0.15, -0.1) is 0 Å². The van der Waals surface area contributed by atoms with Crippen LogP contribution in [0.5, 0.6) is 11.5 Å². The molecule has 4 aromatic carbocycles. The summed E-state index contributed by atoms with van der Waals surface area (Å²) in [7, 11) is 1.43. The summed E-state index contributed by atoms with van der Waals surface area (Å²) in [6, 6.07) is 24.2. The molecule has 8 nitrogen and oxygen atoms in total. The molecule has 37 heavy (non-hydrogen) atoms. The Hall–Kier alpha value is -4.69. The maximum atomic E-state index is 12.6. The van der Waals surface area contributed by atoms with Crippen LogP contribution in [0.25, 0.3) is 10.8 Å². The molecule has 2 amide bonds. The van der Waals surface area contributed by atoms with Gasteiger partial charge in [0, 0.05) is 5.56 Å². The van der Waals surface area contributed by atoms with Gasteiger partial charge in [-0.05, 0) is 52.7 Å². The number of fused-ring (bicyclic) bond motifs is 1. The monoisotopic (exact) mass is 515 g/mol. The topological polar surface area (TPSA) is 106 Å². The largest absolute Gasteiger partial charge is 0.493 e. The zero-order valence-electron chi connectivity index (χ0n) is 19.7. The third-order valence-electron chi connectivity index (χ3n) is 5.33. The second-order valence-corrected chi connectivity index (χ2v) is 8.19. The molecule has 0 radical (unpaired) electrons. The minimum Gasteiger partial charge on any atom is -0.493 e. The van der Waals surface area contributed by atoms with Gasteiger partial charge in [0.05, 0.1) is 30.5 Å². The molecule has 0 saturated carbocycles. The van der Waals surface area contributed by atoms with E-state index in [0.717, 1.165) is 10.8 Å². The van der Waals surface area contributed by atoms with Crippen LogP contribution in [0.1, 0.15) is 26.3 Å². The Balaban J connectivity index is 1.33. The van der Waals surface area contributed by atoms with E-state index in [-0.39, 0.29) is 34.5 Å². The molecule has 0 aliphatic heterocycles. The summed E-state index contributed by atoms with van der Waals surface area (Å²) in [5.74, 6) is -0.990. The molecule has 0 heterocycles. The third-order valence-corrected chi connectivity index (χ3v) is 5.66. The van der Waals surface area contributed by atoms with Gasteiger partial charge in [-0.25, -0.2) is 10.2 Å². The Labute approximate surface area is 217 Å². The Bertz CT molecular complexity index is 1500. The lowest BCUT2D eigenvalue weighted by Crippen LogP contribution is -2.35. The number of nitrogens with zero attached hydrogens (tertiary/aromatic N) is 1. The number of hydrogen-bond acceptors (Lipinski definition) is 6. The fraction of sp³-hybridized carbons (Fsp3) is 0.0714. The summed E-state index contributed by atoms with van der Waals surface area (Å²) in [4.78, 5) is 37.2. The number of carbonyl (C=O) groups excluding carboxylic acids is 3. The van der Waals surface area contributed by atoms with Crippen molar-refractivity contribution in [1.82, 2.24) is 10.7 Å². The van der Waals surface area contributed by atoms with E-state index in [0.29, 0.717) is 11.1 Å². The summed E-state index contributed by atoms with van der Waals surface area (Å²) in [5.41, 5.74) is 3.65. The van der Waals surface area contributed by atoms with Crippen LogP contribution < -0.4 is 20.2 Å². The Morgan fingerprint density at radius 1 is 0.892 bits per heavy atom. The van der Waals surface area contributed by atoms with E-state index in [1.54, 1.807) is 54.6 Å². The molecule has 186 valence electrons. The molecule has 0 unspecified atom stereocenters. The highest BCUT2D eigenvalue weighted by molar-refractivity contribution is 6.33. The highest BCUT2D eigenvalue weighted by Crippen LogP contribution is 2.29. The number of carbonyl (C=O) groups is 3. The van der Waals surface area contributed by atoms with Gasteiger partial charge in [-0.3, -0.25) is 9.59 Å². The number of ether oxygens (including phenoxy) is 2. The Kier molecular flexibility index (Phi) is 8.12. The zero-order chi connectivity index (χ0) is 26.2. The van der Waals surface area contributed by atoms with Gasteiger partial charge in [-0.2, -0.15) is 5.10 Å². The first-order chi connectivity index (χ1) is 18.0. The van der Waals surface area contributed by atoms with Crippen molar-refractivity contribution in [3.8, 4) is 11.5 Å². The molecule has 4 aromatic rings. The van der Waals surface area contributed by atoms with E-state index in [9.17, 15) is 14.4 Å². The smallest absolute Gasteiger partial charge is 0.345 e. The fourth-order valence-electron chi connectivity index (χ4n) is 3.53. The average Bonchev–Trinajstić information content (AvgIpc) is 2.92. The van der Waals surface area contributed by atoms with Crippen molar-refractivity contribution < 1.29 is 23.9 Å². The van der Waals surface area contributed by atoms with E-state index in [2.05, 4.69) is 15.8 Å². The van der Waals surface area contributed by atoms with Crippen LogP contribution in [0, 0.1) is 0 Å². The van der Waals surface area contributed by atoms with E-state index in [1.165, 1.54) is 13.3 Å². The van der Waals surface area contributed by atoms with Crippen LogP contribution in [-0.2, 0) is 4.79 Å². The lowest BCUT2D eigenvalue weighted by molar-refractivity contribution is -0.120. The number of nitrogens with one attached hydrogen (secondary N) is 2. The number of halogens is 1. The summed E-state index contributed by atoms with van der Waals surface area (Å²) < 4.78 is 10.7. The molecule has 0 aliphatic rings. The third kappa shape index (κ3) is 6.31. The molecule has 0 aromatic heterocycles. The number of methoxy groups -OCH3 is 1. The summed E-state index contributed by atoms with van der Waals surface area (Å²) in [5, 5.41) is 8.52. The van der Waals surface area contributed by atoms with Gasteiger partial charge in [-0.1, -0.05) is 60.1 Å². The molecule has 9 heteroatoms. The van der Waals surface area contributed by atoms with E-state index >= 15 is 0 Å². The quantitative estimate of drug-likeness (QED) is 0.154. The minimum atomic E-state index is -0.622. The molecule has 4 rings (SSSR count). The molecule has 0 atom stereocenters. The number of hydrogen-bond donors (Lipinski definition) is 2. The number of benzene rings is 4. The molecule has 0 spiro atoms. The number of rotatable bonds is 8. The normalized spacial score (nSPS) is 10.8. The summed E-state index contributed by atoms with van der Waals surface area (Å²) in [6.07, 6.45) is 1.40. The molecule has 0 aliphatic carbocycles. The van der Waals surface area contributed by atoms with Crippen molar-refractivity contribution in [1.29, 1.82) is 0 Å². The molecule has 0 bridgehead atoms. The molecule has 2 N–H and O–H groups in total. The number of hydrazone groups is 1. The first-order valence-corrected chi connectivity index (χ1v) is 11.6. The van der Waals surface area contributed by atoms with E-state index in [1.807, 2.05) is 30.3 Å². The van der Waals surface area contributed by atoms with Crippen molar-refractivity contribution in [2.45, 2.75) is 0 Å². The Morgan fingerprint density at radius 2 is 1.62 bits per heavy atom. The van der Waals surface area contributed by atoms with Crippen LogP contribution in [0.4, 0.5) is 0 Å². The molecular weight excluding hydrogens is 494 g/mol. The van der Waals surface area contributed by atoms with Gasteiger partial charge in [0.1, 0.15) is 0 Å². The van der Waals surface area contributed by atoms with Crippen LogP contribution >= 0.6 is 11.6 Å². The first kappa shape index (κ1) is 25.4. The zero-order valence-corrected chi connectivity index (χ0v) is 20.5. The average molecular weight is 516 g/mol. The van der Waals surface area contributed by atoms with Gasteiger partial charge in [0.2, 0.25) is 0 Å². The standard InChI is InChI=1S/C28H22ClN3O5/c1-36-25-15-18(13-14-24(25)37-28(35)22-10-4-5-12-23(22)29)16-31-32-26(33)17-30-27(34)21-11-6-8-19-7-2-3-9-20(19)21/h2-16H,17H2,1H3,(H,30,34)(H,32,33). The van der Waals surface area contributed by atoms with Crippen molar-refractivity contribution in [3.05, 3.63) is 107 Å². The van der Waals surface area contributed by atoms with Crippen LogP contribution in [-0.4, -0.2) is 37.7 Å². The highest BCUT2D eigenvalue weighted by atomic mass is 35.5. The van der Waals surface area contributed by atoms with Crippen LogP contribution in [0.15, 0.2) is 90.0 Å². The van der Waals surface area contributed by atoms with E-state index in [4.69, 9.17) is 21.1 Å². The molecule has 0 fully saturated rings. The van der Waals surface area contributed by atoms with Gasteiger partial charge >= 0.3 is 5.97 Å². The van der Waals surface area contributed by atoms with Crippen molar-refractivity contribution in [2.24, 2.45) is 5.10 Å². The van der Waals surface area contributed by atoms with Crippen molar-refractivity contribution in [2.75, 3.05) is 13.7 Å². The Morgan fingerprint density at radius 3 is 2.43 bits per heavy atom. The van der Waals surface area contributed by atoms with Gasteiger partial charge < -0.3 is 14.8 Å². The molecular formula is C28H22ClN3O5. The SMILES string of the molecule is COc1cc(C=NNC(=O)CNC(=O)c2cccc3ccccc23)ccc1OC(=O)c1ccccc1Cl. The second-order valence-electron chi connectivity index (χ2n) is 7.78. The second kappa shape index (κ2) is 11.8. The van der Waals surface area contributed by atoms with E-state index < -0.39 is 11.9 Å². The minimum absolute atomic E-state index is 0.199. The number of esters is 1. The highest BCUT2D eigenvalue weighted by Gasteiger charge is 2.15. The van der Waals surface area contributed by atoms with Gasteiger partial charge in [0.15, 0.2) is 11.5 Å².